The molecule has 144 valence electrons. The topological polar surface area (TPSA) is 78.5 Å². The van der Waals surface area contributed by atoms with E-state index in [4.69, 9.17) is 4.74 Å². The summed E-state index contributed by atoms with van der Waals surface area (Å²) in [6, 6.07) is 5.61. The summed E-state index contributed by atoms with van der Waals surface area (Å²) in [5, 5.41) is 0. The fourth-order valence-electron chi connectivity index (χ4n) is 4.47. The van der Waals surface area contributed by atoms with Gasteiger partial charge in [-0.3, -0.25) is 9.59 Å². The van der Waals surface area contributed by atoms with Crippen LogP contribution >= 0.6 is 0 Å². The molecule has 0 radical (unpaired) electrons. The third kappa shape index (κ3) is 3.56. The van der Waals surface area contributed by atoms with Crippen molar-refractivity contribution in [1.82, 2.24) is 19.8 Å². The number of likely N-dealkylation sites (tertiary alicyclic amines) is 2. The Morgan fingerprint density at radius 1 is 1.33 bits per heavy atom. The fraction of sp³-hybridized carbons (Fsp3) is 0.550. The van der Waals surface area contributed by atoms with Crippen molar-refractivity contribution in [3.8, 4) is 0 Å². The van der Waals surface area contributed by atoms with Crippen molar-refractivity contribution in [2.45, 2.75) is 25.7 Å². The normalized spacial score (nSPS) is 23.4. The molecule has 2 saturated heterocycles. The van der Waals surface area contributed by atoms with Gasteiger partial charge in [0, 0.05) is 50.7 Å². The maximum absolute atomic E-state index is 13.1. The van der Waals surface area contributed by atoms with Crippen molar-refractivity contribution in [3.63, 3.8) is 0 Å². The van der Waals surface area contributed by atoms with Gasteiger partial charge in [-0.05, 0) is 37.5 Å². The average Bonchev–Trinajstić information content (AvgIpc) is 3.16. The molecule has 3 heterocycles. The number of amides is 2. The minimum absolute atomic E-state index is 0.00759. The Bertz CT molecular complexity index is 849. The van der Waals surface area contributed by atoms with Crippen LogP contribution in [0, 0.1) is 5.41 Å². The standard InChI is InChI=1S/C20H26N4O3/c1-27-10-9-23-12-20(7-5-18(23)25)6-2-8-24(13-20)19(26)15-3-4-16-17(11-15)22-14-21-16/h3-4,11,14H,2,5-10,12-13H2,1H3,(H,21,22). The van der Waals surface area contributed by atoms with Crippen molar-refractivity contribution in [2.75, 3.05) is 39.9 Å². The largest absolute Gasteiger partial charge is 0.383 e. The van der Waals surface area contributed by atoms with Crippen molar-refractivity contribution in [3.05, 3.63) is 30.1 Å². The van der Waals surface area contributed by atoms with E-state index in [1.165, 1.54) is 0 Å². The molecule has 2 aliphatic rings. The van der Waals surface area contributed by atoms with Crippen LogP contribution in [-0.4, -0.2) is 71.5 Å². The molecule has 2 aromatic rings. The van der Waals surface area contributed by atoms with Gasteiger partial charge in [0.25, 0.3) is 5.91 Å². The Kier molecular flexibility index (Phi) is 4.86. The molecule has 1 unspecified atom stereocenters. The van der Waals surface area contributed by atoms with Gasteiger partial charge in [0.15, 0.2) is 0 Å². The predicted molar refractivity (Wildman–Crippen MR) is 101 cm³/mol. The molecule has 1 aromatic carbocycles. The van der Waals surface area contributed by atoms with Crippen LogP contribution in [0.3, 0.4) is 0 Å². The maximum atomic E-state index is 13.1. The first kappa shape index (κ1) is 18.0. The smallest absolute Gasteiger partial charge is 0.253 e. The van der Waals surface area contributed by atoms with Crippen LogP contribution in [0.4, 0.5) is 0 Å². The molecule has 7 nitrogen and oxygen atoms in total. The van der Waals surface area contributed by atoms with Gasteiger partial charge in [0.1, 0.15) is 0 Å². The van der Waals surface area contributed by atoms with Crippen molar-refractivity contribution >= 4 is 22.8 Å². The zero-order valence-corrected chi connectivity index (χ0v) is 15.7. The third-order valence-electron chi connectivity index (χ3n) is 5.93. The summed E-state index contributed by atoms with van der Waals surface area (Å²) in [6.45, 7) is 3.38. The molecule has 1 aromatic heterocycles. The van der Waals surface area contributed by atoms with Gasteiger partial charge >= 0.3 is 0 Å². The first-order chi connectivity index (χ1) is 13.1. The van der Waals surface area contributed by atoms with Crippen LogP contribution in [0.1, 0.15) is 36.0 Å². The number of methoxy groups -OCH3 is 1. The fourth-order valence-corrected chi connectivity index (χ4v) is 4.47. The highest BCUT2D eigenvalue weighted by atomic mass is 16.5. The summed E-state index contributed by atoms with van der Waals surface area (Å²) < 4.78 is 5.15. The molecule has 1 atom stereocenters. The van der Waals surface area contributed by atoms with E-state index >= 15 is 0 Å². The highest BCUT2D eigenvalue weighted by molar-refractivity contribution is 5.97. The first-order valence-electron chi connectivity index (χ1n) is 9.59. The molecule has 1 N–H and O–H groups in total. The van der Waals surface area contributed by atoms with Crippen LogP contribution in [0.5, 0.6) is 0 Å². The number of carbonyl (C=O) groups excluding carboxylic acids is 2. The van der Waals surface area contributed by atoms with E-state index in [-0.39, 0.29) is 17.2 Å². The number of fused-ring (bicyclic) bond motifs is 1. The van der Waals surface area contributed by atoms with Crippen LogP contribution in [-0.2, 0) is 9.53 Å². The average molecular weight is 370 g/mol. The molecule has 27 heavy (non-hydrogen) atoms. The lowest BCUT2D eigenvalue weighted by Crippen LogP contribution is -2.55. The van der Waals surface area contributed by atoms with Gasteiger partial charge in [-0.1, -0.05) is 0 Å². The van der Waals surface area contributed by atoms with Crippen molar-refractivity contribution in [1.29, 1.82) is 0 Å². The van der Waals surface area contributed by atoms with Gasteiger partial charge < -0.3 is 19.5 Å². The number of nitrogens with zero attached hydrogens (tertiary/aromatic N) is 3. The third-order valence-corrected chi connectivity index (χ3v) is 5.93. The number of carbonyl (C=O) groups is 2. The van der Waals surface area contributed by atoms with Crippen LogP contribution < -0.4 is 0 Å². The lowest BCUT2D eigenvalue weighted by Gasteiger charge is -2.48. The SMILES string of the molecule is COCCN1CC2(CCCN(C(=O)c3ccc4nc[nH]c4c3)C2)CCC1=O. The number of imidazole rings is 1. The number of aromatic amines is 1. The Hall–Kier alpha value is -2.41. The maximum Gasteiger partial charge on any atom is 0.253 e. The van der Waals surface area contributed by atoms with Gasteiger partial charge in [0.05, 0.1) is 24.0 Å². The summed E-state index contributed by atoms with van der Waals surface area (Å²) in [4.78, 5) is 36.5. The molecular formula is C20H26N4O3. The number of nitrogens with one attached hydrogen (secondary N) is 1. The Morgan fingerprint density at radius 2 is 2.22 bits per heavy atom. The second-order valence-electron chi connectivity index (χ2n) is 7.77. The van der Waals surface area contributed by atoms with E-state index in [1.807, 2.05) is 28.0 Å². The summed E-state index contributed by atoms with van der Waals surface area (Å²) >= 11 is 0. The number of rotatable bonds is 4. The number of benzene rings is 1. The molecular weight excluding hydrogens is 344 g/mol. The lowest BCUT2D eigenvalue weighted by atomic mass is 9.73. The lowest BCUT2D eigenvalue weighted by molar-refractivity contribution is -0.139. The van der Waals surface area contributed by atoms with Gasteiger partial charge in [0.2, 0.25) is 5.91 Å². The van der Waals surface area contributed by atoms with E-state index in [0.717, 1.165) is 43.4 Å². The zero-order chi connectivity index (χ0) is 18.9. The summed E-state index contributed by atoms with van der Waals surface area (Å²) in [6.07, 6.45) is 5.10. The molecule has 2 amide bonds. The van der Waals surface area contributed by atoms with Crippen LogP contribution in [0.15, 0.2) is 24.5 Å². The summed E-state index contributed by atoms with van der Waals surface area (Å²) in [7, 11) is 1.65. The summed E-state index contributed by atoms with van der Waals surface area (Å²) in [5.74, 6) is 0.261. The molecule has 2 aliphatic heterocycles. The van der Waals surface area contributed by atoms with Crippen LogP contribution in [0.2, 0.25) is 0 Å². The Labute approximate surface area is 158 Å². The van der Waals surface area contributed by atoms with E-state index in [9.17, 15) is 9.59 Å². The monoisotopic (exact) mass is 370 g/mol. The number of piperidine rings is 2. The van der Waals surface area contributed by atoms with E-state index in [2.05, 4.69) is 9.97 Å². The number of H-pyrrole nitrogens is 1. The number of aromatic nitrogens is 2. The minimum atomic E-state index is 0.00759. The van der Waals surface area contributed by atoms with Gasteiger partial charge in [-0.15, -0.1) is 0 Å². The molecule has 2 fully saturated rings. The van der Waals surface area contributed by atoms with Crippen molar-refractivity contribution < 1.29 is 14.3 Å². The van der Waals surface area contributed by atoms with Gasteiger partial charge in [-0.25, -0.2) is 4.98 Å². The van der Waals surface area contributed by atoms with Crippen LogP contribution in [0.25, 0.3) is 11.0 Å². The van der Waals surface area contributed by atoms with E-state index in [1.54, 1.807) is 13.4 Å². The van der Waals surface area contributed by atoms with E-state index in [0.29, 0.717) is 31.7 Å². The second-order valence-corrected chi connectivity index (χ2v) is 7.77. The molecule has 7 heteroatoms. The highest BCUT2D eigenvalue weighted by Gasteiger charge is 2.42. The predicted octanol–water partition coefficient (Wildman–Crippen LogP) is 2.05. The first-order valence-corrected chi connectivity index (χ1v) is 9.59. The quantitative estimate of drug-likeness (QED) is 0.893. The number of ether oxygens (including phenoxy) is 1. The van der Waals surface area contributed by atoms with E-state index < -0.39 is 0 Å². The molecule has 0 saturated carbocycles. The zero-order valence-electron chi connectivity index (χ0n) is 15.7. The van der Waals surface area contributed by atoms with Crippen molar-refractivity contribution in [2.24, 2.45) is 5.41 Å². The minimum Gasteiger partial charge on any atom is -0.383 e. The number of hydrogen-bond donors (Lipinski definition) is 1. The Balaban J connectivity index is 1.49. The molecule has 0 bridgehead atoms. The Morgan fingerprint density at radius 3 is 3.07 bits per heavy atom. The number of hydrogen-bond acceptors (Lipinski definition) is 4. The second kappa shape index (κ2) is 7.31. The molecule has 1 spiro atoms. The molecule has 4 rings (SSSR count). The van der Waals surface area contributed by atoms with Gasteiger partial charge in [-0.2, -0.15) is 0 Å². The highest BCUT2D eigenvalue weighted by Crippen LogP contribution is 2.39. The molecule has 0 aliphatic carbocycles. The summed E-state index contributed by atoms with van der Waals surface area (Å²) in [5.41, 5.74) is 2.43.